The van der Waals surface area contributed by atoms with Crippen LogP contribution in [0.2, 0.25) is 0 Å². The molecule has 0 unspecified atom stereocenters. The minimum Gasteiger partial charge on any atom is -0.466 e. The highest BCUT2D eigenvalue weighted by Crippen LogP contribution is 2.42. The van der Waals surface area contributed by atoms with Crippen molar-refractivity contribution in [3.8, 4) is 0 Å². The molecule has 0 N–H and O–H groups in total. The van der Waals surface area contributed by atoms with Gasteiger partial charge in [0.15, 0.2) is 0 Å². The average Bonchev–Trinajstić information content (AvgIpc) is 2.61. The number of carbonyl (C=O) groups is 1. The second-order valence-electron chi connectivity index (χ2n) is 4.66. The van der Waals surface area contributed by atoms with Crippen LogP contribution in [0.3, 0.4) is 0 Å². The molecule has 2 nitrogen and oxygen atoms in total. The first-order valence-corrected chi connectivity index (χ1v) is 5.91. The maximum atomic E-state index is 11.9. The highest BCUT2D eigenvalue weighted by Gasteiger charge is 2.41. The van der Waals surface area contributed by atoms with E-state index in [-0.39, 0.29) is 11.9 Å². The SMILES string of the molecule is C=C[C@H]1CC[C@H](C(C)C)[C@H]1C(=O)OCC. The van der Waals surface area contributed by atoms with Crippen LogP contribution in [-0.2, 0) is 9.53 Å². The van der Waals surface area contributed by atoms with Crippen LogP contribution in [0.5, 0.6) is 0 Å². The predicted molar refractivity (Wildman–Crippen MR) is 61.4 cm³/mol. The largest absolute Gasteiger partial charge is 0.466 e. The van der Waals surface area contributed by atoms with Gasteiger partial charge in [0, 0.05) is 0 Å². The minimum atomic E-state index is -0.0291. The quantitative estimate of drug-likeness (QED) is 0.526. The molecule has 1 fully saturated rings. The predicted octanol–water partition coefficient (Wildman–Crippen LogP) is 3.03. The van der Waals surface area contributed by atoms with Crippen LogP contribution in [-0.4, -0.2) is 12.6 Å². The molecule has 1 rings (SSSR count). The zero-order valence-corrected chi connectivity index (χ0v) is 10.0. The van der Waals surface area contributed by atoms with Crippen LogP contribution in [0, 0.1) is 23.7 Å². The van der Waals surface area contributed by atoms with Gasteiger partial charge in [-0.1, -0.05) is 19.9 Å². The van der Waals surface area contributed by atoms with E-state index in [0.717, 1.165) is 12.8 Å². The lowest BCUT2D eigenvalue weighted by atomic mass is 9.82. The van der Waals surface area contributed by atoms with E-state index in [1.165, 1.54) is 0 Å². The van der Waals surface area contributed by atoms with Crippen molar-refractivity contribution in [1.82, 2.24) is 0 Å². The summed E-state index contributed by atoms with van der Waals surface area (Å²) >= 11 is 0. The first-order chi connectivity index (χ1) is 7.11. The van der Waals surface area contributed by atoms with E-state index in [2.05, 4.69) is 20.4 Å². The maximum Gasteiger partial charge on any atom is 0.309 e. The molecule has 15 heavy (non-hydrogen) atoms. The lowest BCUT2D eigenvalue weighted by molar-refractivity contribution is -0.150. The Morgan fingerprint density at radius 1 is 1.53 bits per heavy atom. The van der Waals surface area contributed by atoms with E-state index in [4.69, 9.17) is 4.74 Å². The highest BCUT2D eigenvalue weighted by atomic mass is 16.5. The molecule has 0 aliphatic heterocycles. The summed E-state index contributed by atoms with van der Waals surface area (Å²) in [7, 11) is 0. The Morgan fingerprint density at radius 3 is 2.67 bits per heavy atom. The molecule has 1 aliphatic rings. The van der Waals surface area contributed by atoms with Gasteiger partial charge in [0.2, 0.25) is 0 Å². The molecule has 0 amide bonds. The summed E-state index contributed by atoms with van der Waals surface area (Å²) in [6.45, 7) is 10.5. The summed E-state index contributed by atoms with van der Waals surface area (Å²) in [6, 6.07) is 0. The van der Waals surface area contributed by atoms with Crippen molar-refractivity contribution < 1.29 is 9.53 Å². The molecule has 0 heterocycles. The number of esters is 1. The molecule has 0 radical (unpaired) electrons. The van der Waals surface area contributed by atoms with Gasteiger partial charge < -0.3 is 4.74 Å². The first-order valence-electron chi connectivity index (χ1n) is 5.91. The third-order valence-corrected chi connectivity index (χ3v) is 3.47. The normalized spacial score (nSPS) is 30.5. The van der Waals surface area contributed by atoms with Gasteiger partial charge in [0.05, 0.1) is 12.5 Å². The van der Waals surface area contributed by atoms with Gasteiger partial charge in [-0.25, -0.2) is 0 Å². The molecule has 0 bridgehead atoms. The third kappa shape index (κ3) is 2.61. The summed E-state index contributed by atoms with van der Waals surface area (Å²) in [5.74, 6) is 1.34. The fourth-order valence-electron chi connectivity index (χ4n) is 2.66. The van der Waals surface area contributed by atoms with Crippen LogP contribution in [0.25, 0.3) is 0 Å². The lowest BCUT2D eigenvalue weighted by Crippen LogP contribution is -2.28. The Balaban J connectivity index is 2.76. The molecule has 0 spiro atoms. The van der Waals surface area contributed by atoms with Gasteiger partial charge in [0.25, 0.3) is 0 Å². The second-order valence-corrected chi connectivity index (χ2v) is 4.66. The van der Waals surface area contributed by atoms with Gasteiger partial charge >= 0.3 is 5.97 Å². The number of hydrogen-bond acceptors (Lipinski definition) is 2. The van der Waals surface area contributed by atoms with Crippen LogP contribution in [0.4, 0.5) is 0 Å². The van der Waals surface area contributed by atoms with Gasteiger partial charge in [-0.3, -0.25) is 4.79 Å². The number of hydrogen-bond donors (Lipinski definition) is 0. The molecule has 0 aromatic carbocycles. The summed E-state index contributed by atoms with van der Waals surface area (Å²) in [5, 5.41) is 0. The second kappa shape index (κ2) is 5.34. The van der Waals surface area contributed by atoms with Crippen LogP contribution < -0.4 is 0 Å². The Labute approximate surface area is 92.7 Å². The van der Waals surface area contributed by atoms with E-state index < -0.39 is 0 Å². The van der Waals surface area contributed by atoms with Crippen molar-refractivity contribution in [3.05, 3.63) is 12.7 Å². The van der Waals surface area contributed by atoms with E-state index >= 15 is 0 Å². The molecular formula is C13H22O2. The zero-order valence-electron chi connectivity index (χ0n) is 10.0. The van der Waals surface area contributed by atoms with Crippen LogP contribution >= 0.6 is 0 Å². The van der Waals surface area contributed by atoms with Crippen molar-refractivity contribution in [2.45, 2.75) is 33.6 Å². The van der Waals surface area contributed by atoms with Crippen molar-refractivity contribution in [1.29, 1.82) is 0 Å². The van der Waals surface area contributed by atoms with Crippen molar-refractivity contribution in [2.24, 2.45) is 23.7 Å². The van der Waals surface area contributed by atoms with Crippen LogP contribution in [0.1, 0.15) is 33.6 Å². The molecule has 1 aliphatic carbocycles. The molecular weight excluding hydrogens is 188 g/mol. The summed E-state index contributed by atoms with van der Waals surface area (Å²) in [4.78, 5) is 11.9. The van der Waals surface area contributed by atoms with E-state index in [0.29, 0.717) is 24.4 Å². The Hall–Kier alpha value is -0.790. The minimum absolute atomic E-state index is 0.0291. The van der Waals surface area contributed by atoms with E-state index in [9.17, 15) is 4.79 Å². The van der Waals surface area contributed by atoms with Crippen molar-refractivity contribution in [3.63, 3.8) is 0 Å². The smallest absolute Gasteiger partial charge is 0.309 e. The zero-order chi connectivity index (χ0) is 11.4. The Bertz CT molecular complexity index is 233. The standard InChI is InChI=1S/C13H22O2/c1-5-10-7-8-11(9(3)4)12(10)13(14)15-6-2/h5,9-12H,1,6-8H2,2-4H3/t10-,11+,12-/m0/s1. The third-order valence-electron chi connectivity index (χ3n) is 3.47. The molecule has 2 heteroatoms. The summed E-state index contributed by atoms with van der Waals surface area (Å²) < 4.78 is 5.15. The number of allylic oxidation sites excluding steroid dienone is 1. The molecule has 0 saturated heterocycles. The van der Waals surface area contributed by atoms with E-state index in [1.54, 1.807) is 0 Å². The van der Waals surface area contributed by atoms with Gasteiger partial charge in [-0.15, -0.1) is 6.58 Å². The number of rotatable bonds is 4. The molecule has 0 aromatic rings. The number of ether oxygens (including phenoxy) is 1. The van der Waals surface area contributed by atoms with Crippen molar-refractivity contribution >= 4 is 5.97 Å². The van der Waals surface area contributed by atoms with Gasteiger partial charge in [-0.05, 0) is 37.5 Å². The van der Waals surface area contributed by atoms with E-state index in [1.807, 2.05) is 13.0 Å². The lowest BCUT2D eigenvalue weighted by Gasteiger charge is -2.24. The number of carbonyl (C=O) groups excluding carboxylic acids is 1. The average molecular weight is 210 g/mol. The summed E-state index contributed by atoms with van der Waals surface area (Å²) in [5.41, 5.74) is 0. The van der Waals surface area contributed by atoms with Gasteiger partial charge in [-0.2, -0.15) is 0 Å². The topological polar surface area (TPSA) is 26.3 Å². The molecule has 86 valence electrons. The maximum absolute atomic E-state index is 11.9. The van der Waals surface area contributed by atoms with Gasteiger partial charge in [0.1, 0.15) is 0 Å². The van der Waals surface area contributed by atoms with Crippen LogP contribution in [0.15, 0.2) is 12.7 Å². The first kappa shape index (κ1) is 12.3. The Kier molecular flexibility index (Phi) is 4.37. The molecule has 1 saturated carbocycles. The highest BCUT2D eigenvalue weighted by molar-refractivity contribution is 5.74. The molecule has 3 atom stereocenters. The molecule has 0 aromatic heterocycles. The fraction of sp³-hybridized carbons (Fsp3) is 0.769. The Morgan fingerprint density at radius 2 is 2.20 bits per heavy atom. The van der Waals surface area contributed by atoms with Crippen molar-refractivity contribution in [2.75, 3.05) is 6.61 Å². The summed E-state index contributed by atoms with van der Waals surface area (Å²) in [6.07, 6.45) is 4.12. The fourth-order valence-corrected chi connectivity index (χ4v) is 2.66. The monoisotopic (exact) mass is 210 g/mol.